The number of aromatic nitrogens is 2. The number of rotatable bonds is 11. The van der Waals surface area contributed by atoms with Crippen molar-refractivity contribution in [3.63, 3.8) is 0 Å². The highest BCUT2D eigenvalue weighted by molar-refractivity contribution is 6.23. The van der Waals surface area contributed by atoms with Crippen LogP contribution in [0.5, 0.6) is 0 Å². The van der Waals surface area contributed by atoms with Gasteiger partial charge in [0.2, 0.25) is 17.7 Å². The van der Waals surface area contributed by atoms with Crippen LogP contribution in [-0.4, -0.2) is 90.2 Å². The van der Waals surface area contributed by atoms with Crippen LogP contribution in [-0.2, 0) is 41.6 Å². The van der Waals surface area contributed by atoms with Gasteiger partial charge in [-0.05, 0) is 37.5 Å². The van der Waals surface area contributed by atoms with E-state index in [1.54, 1.807) is 30.3 Å². The number of nitro benzene ring substituents is 1. The molecule has 16 nitrogen and oxygen atoms in total. The highest BCUT2D eigenvalue weighted by Crippen LogP contribution is 2.35. The molecule has 0 radical (unpaired) electrons. The number of H-pyrrole nitrogens is 1. The Morgan fingerprint density at radius 1 is 1.10 bits per heavy atom. The molecule has 2 saturated heterocycles. The average Bonchev–Trinajstić information content (AvgIpc) is 3.79. The summed E-state index contributed by atoms with van der Waals surface area (Å²) >= 11 is 0. The summed E-state index contributed by atoms with van der Waals surface area (Å²) in [6.45, 7) is 1.57. The predicted molar refractivity (Wildman–Crippen MR) is 173 cm³/mol. The fourth-order valence-corrected chi connectivity index (χ4v) is 6.22. The van der Waals surface area contributed by atoms with Gasteiger partial charge in [-0.15, -0.1) is 0 Å². The van der Waals surface area contributed by atoms with Gasteiger partial charge in [-0.1, -0.05) is 30.3 Å². The van der Waals surface area contributed by atoms with Gasteiger partial charge < -0.3 is 26.3 Å². The van der Waals surface area contributed by atoms with E-state index in [2.05, 4.69) is 20.6 Å². The van der Waals surface area contributed by atoms with E-state index in [0.29, 0.717) is 22.6 Å². The zero-order valence-electron chi connectivity index (χ0n) is 26.7. The number of likely N-dealkylation sites (tertiary alicyclic amines) is 2. The van der Waals surface area contributed by atoms with Crippen LogP contribution < -0.4 is 16.4 Å². The van der Waals surface area contributed by atoms with Crippen molar-refractivity contribution in [1.82, 2.24) is 25.1 Å². The molecule has 0 saturated carbocycles. The van der Waals surface area contributed by atoms with Gasteiger partial charge in [0.1, 0.15) is 12.1 Å². The molecule has 0 unspecified atom stereocenters. The normalized spacial score (nSPS) is 20.4. The van der Waals surface area contributed by atoms with E-state index in [-0.39, 0.29) is 50.0 Å². The van der Waals surface area contributed by atoms with Crippen LogP contribution in [0.25, 0.3) is 0 Å². The molecule has 0 bridgehead atoms. The molecule has 256 valence electrons. The molecule has 2 aromatic carbocycles. The number of benzene rings is 2. The van der Waals surface area contributed by atoms with Crippen LogP contribution >= 0.6 is 0 Å². The van der Waals surface area contributed by atoms with Crippen molar-refractivity contribution in [3.8, 4) is 0 Å². The smallest absolute Gasteiger partial charge is 0.269 e. The third kappa shape index (κ3) is 7.23. The van der Waals surface area contributed by atoms with E-state index in [0.717, 1.165) is 0 Å². The molecule has 4 atom stereocenters. The minimum Gasteiger partial charge on any atom is -0.348 e. The van der Waals surface area contributed by atoms with E-state index >= 15 is 0 Å². The molecule has 3 heterocycles. The molecule has 5 amide bonds. The number of piperidine rings is 1. The fourth-order valence-electron chi connectivity index (χ4n) is 6.22. The number of hydrogen-bond donors (Lipinski definition) is 4. The number of nitrogens with one attached hydrogen (secondary N) is 3. The molecule has 1 aromatic heterocycles. The quantitative estimate of drug-likeness (QED) is 0.0978. The zero-order valence-corrected chi connectivity index (χ0v) is 26.7. The maximum atomic E-state index is 14.6. The van der Waals surface area contributed by atoms with Gasteiger partial charge in [0.05, 0.1) is 17.3 Å². The number of hydrogen-bond acceptors (Lipinski definition) is 10. The standard InChI is InChI=1S/C33H36N8O8/c1-20(34)29(44)38-25(16-23-18-35-19-36-23)30(45)39-15-5-8-26(39)31(46)40-28(43)14-13-27(42)33(40,17-21-6-3-2-4-7-21)32(47)37-22-9-11-24(12-10-22)41(48)49/h2-4,6-7,9-12,18-20,25-26H,5,8,13-17,34H2,1H3,(H,35,36)(H,37,47)(H,38,44)/t20-,25-,26-,33+/m0/s1. The largest absolute Gasteiger partial charge is 0.348 e. The SMILES string of the molecule is C[C@H](N)C(=O)N[C@@H](Cc1cnc[nH]1)C(=O)N1CCC[C@H]1C(=O)N1C(=O)CCC(=O)[C@]1(Cc1ccccc1)C(=O)Nc1ccc([N+](=O)[O-])cc1. The first-order valence-electron chi connectivity index (χ1n) is 15.8. The number of anilines is 1. The van der Waals surface area contributed by atoms with Gasteiger partial charge in [-0.25, -0.2) is 4.98 Å². The first-order chi connectivity index (χ1) is 23.4. The number of nitrogens with two attached hydrogens (primary N) is 1. The number of aromatic amines is 1. The van der Waals surface area contributed by atoms with E-state index in [4.69, 9.17) is 5.73 Å². The minimum absolute atomic E-state index is 0.00538. The van der Waals surface area contributed by atoms with E-state index in [1.165, 1.54) is 48.6 Å². The Kier molecular flexibility index (Phi) is 10.3. The number of amides is 5. The molecule has 2 aliphatic rings. The number of non-ortho nitro benzene ring substituents is 1. The van der Waals surface area contributed by atoms with Gasteiger partial charge in [0, 0.05) is 61.9 Å². The summed E-state index contributed by atoms with van der Waals surface area (Å²) in [5, 5.41) is 16.4. The zero-order chi connectivity index (χ0) is 35.3. The second-order valence-electron chi connectivity index (χ2n) is 12.1. The summed E-state index contributed by atoms with van der Waals surface area (Å²) < 4.78 is 0. The van der Waals surface area contributed by atoms with Crippen LogP contribution in [0.1, 0.15) is 43.9 Å². The number of carbonyl (C=O) groups is 6. The maximum absolute atomic E-state index is 14.6. The molecule has 3 aromatic rings. The van der Waals surface area contributed by atoms with Crippen molar-refractivity contribution in [2.24, 2.45) is 5.73 Å². The summed E-state index contributed by atoms with van der Waals surface area (Å²) in [7, 11) is 0. The van der Waals surface area contributed by atoms with Gasteiger partial charge in [-0.2, -0.15) is 0 Å². The van der Waals surface area contributed by atoms with Crippen LogP contribution in [0.15, 0.2) is 67.1 Å². The van der Waals surface area contributed by atoms with E-state index in [1.807, 2.05) is 0 Å². The first kappa shape index (κ1) is 34.6. The van der Waals surface area contributed by atoms with Crippen LogP contribution in [0.3, 0.4) is 0 Å². The van der Waals surface area contributed by atoms with Crippen molar-refractivity contribution in [3.05, 3.63) is 88.5 Å². The molecule has 0 spiro atoms. The van der Waals surface area contributed by atoms with Gasteiger partial charge in [0.15, 0.2) is 11.3 Å². The number of Topliss-reactive ketones (excluding diaryl/α,β-unsaturated/α-hetero) is 1. The van der Waals surface area contributed by atoms with Crippen molar-refractivity contribution >= 4 is 46.7 Å². The van der Waals surface area contributed by atoms with Gasteiger partial charge in [-0.3, -0.25) is 43.8 Å². The number of ketones is 1. The number of carbonyl (C=O) groups excluding carboxylic acids is 6. The third-order valence-corrected chi connectivity index (χ3v) is 8.72. The number of imide groups is 1. The second kappa shape index (κ2) is 14.6. The summed E-state index contributed by atoms with van der Waals surface area (Å²) in [5.74, 6) is -4.54. The molecule has 2 aliphatic heterocycles. The topological polar surface area (TPSA) is 231 Å². The monoisotopic (exact) mass is 672 g/mol. The lowest BCUT2D eigenvalue weighted by atomic mass is 9.78. The number of nitro groups is 1. The second-order valence-corrected chi connectivity index (χ2v) is 12.1. The van der Waals surface area contributed by atoms with Crippen molar-refractivity contribution in [2.45, 2.75) is 69.1 Å². The Hall–Kier alpha value is -5.77. The molecule has 2 fully saturated rings. The maximum Gasteiger partial charge on any atom is 0.269 e. The number of nitrogens with zero attached hydrogens (tertiary/aromatic N) is 4. The highest BCUT2D eigenvalue weighted by Gasteiger charge is 2.59. The summed E-state index contributed by atoms with van der Waals surface area (Å²) in [6.07, 6.45) is 2.42. The lowest BCUT2D eigenvalue weighted by Gasteiger charge is -2.44. The van der Waals surface area contributed by atoms with Crippen molar-refractivity contribution < 1.29 is 33.7 Å². The minimum atomic E-state index is -2.34. The van der Waals surface area contributed by atoms with Gasteiger partial charge >= 0.3 is 0 Å². The molecular formula is C33H36N8O8. The van der Waals surface area contributed by atoms with Crippen LogP contribution in [0.2, 0.25) is 0 Å². The molecule has 49 heavy (non-hydrogen) atoms. The summed E-state index contributed by atoms with van der Waals surface area (Å²) in [6, 6.07) is 10.00. The molecule has 5 N–H and O–H groups in total. The Balaban J connectivity index is 1.52. The Labute approximate surface area is 280 Å². The highest BCUT2D eigenvalue weighted by atomic mass is 16.6. The van der Waals surface area contributed by atoms with Crippen molar-refractivity contribution in [2.75, 3.05) is 11.9 Å². The molecule has 5 rings (SSSR count). The summed E-state index contributed by atoms with van der Waals surface area (Å²) in [5.41, 5.74) is 4.31. The fraction of sp³-hybridized carbons (Fsp3) is 0.364. The molecular weight excluding hydrogens is 636 g/mol. The lowest BCUT2D eigenvalue weighted by molar-refractivity contribution is -0.384. The predicted octanol–water partition coefficient (Wildman–Crippen LogP) is 1.02. The Morgan fingerprint density at radius 3 is 2.45 bits per heavy atom. The lowest BCUT2D eigenvalue weighted by Crippen LogP contribution is -2.71. The van der Waals surface area contributed by atoms with E-state index < -0.39 is 63.9 Å². The molecule has 0 aliphatic carbocycles. The van der Waals surface area contributed by atoms with E-state index in [9.17, 15) is 38.9 Å². The molecule has 16 heteroatoms. The third-order valence-electron chi connectivity index (χ3n) is 8.72. The Morgan fingerprint density at radius 2 is 1.82 bits per heavy atom. The first-order valence-corrected chi connectivity index (χ1v) is 15.8. The van der Waals surface area contributed by atoms with Gasteiger partial charge in [0.25, 0.3) is 17.5 Å². The number of imidazole rings is 1. The summed E-state index contributed by atoms with van der Waals surface area (Å²) in [4.78, 5) is 103. The van der Waals surface area contributed by atoms with Crippen LogP contribution in [0, 0.1) is 10.1 Å². The van der Waals surface area contributed by atoms with Crippen molar-refractivity contribution in [1.29, 1.82) is 0 Å². The average molecular weight is 673 g/mol. The Bertz CT molecular complexity index is 1750. The van der Waals surface area contributed by atoms with Crippen LogP contribution in [0.4, 0.5) is 11.4 Å².